The molecule has 3 atom stereocenters. The van der Waals surface area contributed by atoms with Gasteiger partial charge in [-0.15, -0.1) is 0 Å². The number of hydrogen-bond acceptors (Lipinski definition) is 6. The molecule has 0 aromatic rings. The van der Waals surface area contributed by atoms with Gasteiger partial charge in [-0.05, 0) is 19.3 Å². The summed E-state index contributed by atoms with van der Waals surface area (Å²) in [5.41, 5.74) is 5.22. The third-order valence-electron chi connectivity index (χ3n) is 2.80. The van der Waals surface area contributed by atoms with E-state index in [-0.39, 0.29) is 6.42 Å². The molecular formula is C10H16NO8P. The lowest BCUT2D eigenvalue weighted by molar-refractivity contribution is -0.148. The Morgan fingerprint density at radius 3 is 2.00 bits per heavy atom. The minimum Gasteiger partial charge on any atom is -0.481 e. The van der Waals surface area contributed by atoms with Crippen LogP contribution >= 0.6 is 8.46 Å². The molecule has 0 rings (SSSR count). The minimum atomic E-state index is -2.26. The molecule has 0 fully saturated rings. The first-order valence-corrected chi connectivity index (χ1v) is 6.45. The fourth-order valence-electron chi connectivity index (χ4n) is 1.60. The molecule has 0 saturated carbocycles. The standard InChI is InChI=1S/C10H16NO8P/c11-6(9(16)17)3-4-10(18,20-19)5(8(14)15)1-2-7(12)13/h5-6,18H,1-4,11H2,(H,12,13)(H,14,15)(H,16,17). The number of carboxylic acids is 3. The molecule has 10 heteroatoms. The molecule has 0 amide bonds. The zero-order valence-electron chi connectivity index (χ0n) is 10.4. The van der Waals surface area contributed by atoms with Gasteiger partial charge in [0.2, 0.25) is 0 Å². The van der Waals surface area contributed by atoms with E-state index in [0.717, 1.165) is 0 Å². The van der Waals surface area contributed by atoms with Crippen LogP contribution in [0.3, 0.4) is 0 Å². The van der Waals surface area contributed by atoms with Gasteiger partial charge in [0.1, 0.15) is 6.04 Å². The molecule has 0 radical (unpaired) electrons. The van der Waals surface area contributed by atoms with Crippen molar-refractivity contribution in [2.45, 2.75) is 37.1 Å². The van der Waals surface area contributed by atoms with Crippen molar-refractivity contribution in [2.75, 3.05) is 0 Å². The van der Waals surface area contributed by atoms with Crippen LogP contribution in [0, 0.1) is 5.92 Å². The highest BCUT2D eigenvalue weighted by atomic mass is 31.1. The lowest BCUT2D eigenvalue weighted by Gasteiger charge is -2.27. The van der Waals surface area contributed by atoms with E-state index >= 15 is 0 Å². The monoisotopic (exact) mass is 309 g/mol. The molecule has 0 aliphatic rings. The van der Waals surface area contributed by atoms with Crippen LogP contribution < -0.4 is 5.73 Å². The van der Waals surface area contributed by atoms with E-state index in [9.17, 15) is 24.1 Å². The smallest absolute Gasteiger partial charge is 0.320 e. The van der Waals surface area contributed by atoms with E-state index in [4.69, 9.17) is 21.1 Å². The number of nitrogens with two attached hydrogens (primary N) is 1. The molecule has 0 saturated heterocycles. The molecule has 0 heterocycles. The number of hydrogen-bond donors (Lipinski definition) is 5. The first-order chi connectivity index (χ1) is 9.14. The van der Waals surface area contributed by atoms with Gasteiger partial charge in [0.15, 0.2) is 13.8 Å². The minimum absolute atomic E-state index is 0.294. The van der Waals surface area contributed by atoms with E-state index < -0.39 is 62.9 Å². The maximum Gasteiger partial charge on any atom is 0.320 e. The first kappa shape index (κ1) is 18.4. The second-order valence-electron chi connectivity index (χ2n) is 4.28. The molecule has 0 aromatic carbocycles. The Bertz CT molecular complexity index is 401. The summed E-state index contributed by atoms with van der Waals surface area (Å²) in [5, 5.41) is 33.9. The Morgan fingerprint density at radius 2 is 1.65 bits per heavy atom. The lowest BCUT2D eigenvalue weighted by atomic mass is 9.91. The van der Waals surface area contributed by atoms with Crippen molar-refractivity contribution in [3.63, 3.8) is 0 Å². The molecule has 3 unspecified atom stereocenters. The molecule has 9 nitrogen and oxygen atoms in total. The number of carboxylic acid groups (broad SMARTS) is 3. The molecule has 0 aromatic heterocycles. The van der Waals surface area contributed by atoms with Crippen LogP contribution in [0.1, 0.15) is 25.7 Å². The summed E-state index contributed by atoms with van der Waals surface area (Å²) in [4.78, 5) is 32.0. The highest BCUT2D eigenvalue weighted by Crippen LogP contribution is 2.37. The van der Waals surface area contributed by atoms with Gasteiger partial charge in [0, 0.05) is 6.42 Å². The summed E-state index contributed by atoms with van der Waals surface area (Å²) in [6.07, 6.45) is -1.70. The van der Waals surface area contributed by atoms with Crippen molar-refractivity contribution in [1.29, 1.82) is 0 Å². The average Bonchev–Trinajstić information content (AvgIpc) is 2.34. The Hall–Kier alpha value is -1.57. The van der Waals surface area contributed by atoms with Crippen LogP contribution in [0.5, 0.6) is 0 Å². The van der Waals surface area contributed by atoms with Gasteiger partial charge in [-0.2, -0.15) is 0 Å². The van der Waals surface area contributed by atoms with Crippen LogP contribution in [-0.4, -0.2) is 49.7 Å². The summed E-state index contributed by atoms with van der Waals surface area (Å²) < 4.78 is 11.0. The third-order valence-corrected chi connectivity index (χ3v) is 3.65. The van der Waals surface area contributed by atoms with Gasteiger partial charge in [-0.25, -0.2) is 0 Å². The summed E-state index contributed by atoms with van der Waals surface area (Å²) in [7, 11) is -0.924. The number of carbonyl (C=O) groups is 3. The Labute approximate surface area is 115 Å². The fraction of sp³-hybridized carbons (Fsp3) is 0.700. The molecule has 0 bridgehead atoms. The molecule has 114 valence electrons. The first-order valence-electron chi connectivity index (χ1n) is 5.64. The normalized spacial score (nSPS) is 17.1. The molecule has 0 spiro atoms. The van der Waals surface area contributed by atoms with E-state index in [1.54, 1.807) is 0 Å². The van der Waals surface area contributed by atoms with Crippen molar-refractivity contribution in [3.05, 3.63) is 0 Å². The predicted molar refractivity (Wildman–Crippen MR) is 65.4 cm³/mol. The lowest BCUT2D eigenvalue weighted by Crippen LogP contribution is -2.40. The van der Waals surface area contributed by atoms with E-state index in [0.29, 0.717) is 0 Å². The second-order valence-corrected chi connectivity index (χ2v) is 5.23. The average molecular weight is 309 g/mol. The Balaban J connectivity index is 4.93. The predicted octanol–water partition coefficient (Wildman–Crippen LogP) is -0.276. The van der Waals surface area contributed by atoms with Gasteiger partial charge in [0.25, 0.3) is 0 Å². The summed E-state index contributed by atoms with van der Waals surface area (Å²) in [5.74, 6) is -5.71. The number of rotatable bonds is 10. The van der Waals surface area contributed by atoms with E-state index in [2.05, 4.69) is 0 Å². The Morgan fingerprint density at radius 1 is 1.10 bits per heavy atom. The highest BCUT2D eigenvalue weighted by molar-refractivity contribution is 7.25. The fourth-order valence-corrected chi connectivity index (χ4v) is 2.18. The van der Waals surface area contributed by atoms with Gasteiger partial charge < -0.3 is 26.2 Å². The van der Waals surface area contributed by atoms with Crippen LogP contribution in [0.15, 0.2) is 0 Å². The Kier molecular flexibility index (Phi) is 7.26. The molecule has 6 N–H and O–H groups in total. The van der Waals surface area contributed by atoms with Crippen molar-refractivity contribution in [3.8, 4) is 0 Å². The molecular weight excluding hydrogens is 293 g/mol. The van der Waals surface area contributed by atoms with E-state index in [1.165, 1.54) is 0 Å². The van der Waals surface area contributed by atoms with E-state index in [1.807, 2.05) is 0 Å². The summed E-state index contributed by atoms with van der Waals surface area (Å²) in [6.45, 7) is 0. The van der Waals surface area contributed by atoms with Gasteiger partial charge >= 0.3 is 17.9 Å². The van der Waals surface area contributed by atoms with Crippen molar-refractivity contribution in [2.24, 2.45) is 11.7 Å². The van der Waals surface area contributed by atoms with Crippen LogP contribution in [0.4, 0.5) is 0 Å². The van der Waals surface area contributed by atoms with Crippen molar-refractivity contribution < 1.29 is 39.4 Å². The van der Waals surface area contributed by atoms with Gasteiger partial charge in [0.05, 0.1) is 5.92 Å². The maximum absolute atomic E-state index is 11.1. The van der Waals surface area contributed by atoms with Gasteiger partial charge in [-0.1, -0.05) is 0 Å². The van der Waals surface area contributed by atoms with Crippen LogP contribution in [-0.2, 0) is 18.9 Å². The SMILES string of the molecule is NC(CCC(O)(P=O)C(CCC(=O)O)C(=O)O)C(=O)O. The van der Waals surface area contributed by atoms with Crippen molar-refractivity contribution >= 4 is 26.4 Å². The summed E-state index contributed by atoms with van der Waals surface area (Å²) in [6, 6.07) is -1.34. The largest absolute Gasteiger partial charge is 0.481 e. The van der Waals surface area contributed by atoms with Crippen LogP contribution in [0.2, 0.25) is 0 Å². The number of aliphatic carboxylic acids is 3. The molecule has 20 heavy (non-hydrogen) atoms. The highest BCUT2D eigenvalue weighted by Gasteiger charge is 2.43. The maximum atomic E-state index is 11.1. The van der Waals surface area contributed by atoms with Crippen LogP contribution in [0.25, 0.3) is 0 Å². The third kappa shape index (κ3) is 5.60. The molecule has 0 aliphatic heterocycles. The van der Waals surface area contributed by atoms with Gasteiger partial charge in [-0.3, -0.25) is 18.9 Å². The quantitative estimate of drug-likeness (QED) is 0.340. The molecule has 0 aliphatic carbocycles. The zero-order chi connectivity index (χ0) is 15.9. The summed E-state index contributed by atoms with van der Waals surface area (Å²) >= 11 is 0. The second kappa shape index (κ2) is 7.88. The number of aliphatic hydroxyl groups is 1. The zero-order valence-corrected chi connectivity index (χ0v) is 11.3. The van der Waals surface area contributed by atoms with Crippen molar-refractivity contribution in [1.82, 2.24) is 0 Å². The topological polar surface area (TPSA) is 175 Å².